The van der Waals surface area contributed by atoms with E-state index < -0.39 is 0 Å². The summed E-state index contributed by atoms with van der Waals surface area (Å²) in [6.07, 6.45) is 5.37. The molecular formula is C16H30N4. The van der Waals surface area contributed by atoms with Crippen molar-refractivity contribution >= 4 is 5.69 Å². The molecule has 1 aliphatic heterocycles. The Morgan fingerprint density at radius 3 is 2.60 bits per heavy atom. The van der Waals surface area contributed by atoms with Gasteiger partial charge in [-0.25, -0.2) is 0 Å². The Hall–Kier alpha value is -1.03. The van der Waals surface area contributed by atoms with Crippen molar-refractivity contribution in [2.75, 3.05) is 18.0 Å². The van der Waals surface area contributed by atoms with Gasteiger partial charge >= 0.3 is 0 Å². The van der Waals surface area contributed by atoms with Crippen LogP contribution in [0.25, 0.3) is 0 Å². The maximum atomic E-state index is 4.51. The molecule has 4 nitrogen and oxygen atoms in total. The molecule has 0 saturated carbocycles. The predicted molar refractivity (Wildman–Crippen MR) is 85.3 cm³/mol. The maximum absolute atomic E-state index is 4.51. The van der Waals surface area contributed by atoms with Gasteiger partial charge in [-0.2, -0.15) is 5.10 Å². The monoisotopic (exact) mass is 278 g/mol. The summed E-state index contributed by atoms with van der Waals surface area (Å²) >= 11 is 0. The summed E-state index contributed by atoms with van der Waals surface area (Å²) in [6.45, 7) is 15.6. The number of nitrogens with one attached hydrogen (secondary N) is 1. The quantitative estimate of drug-likeness (QED) is 0.919. The van der Waals surface area contributed by atoms with Gasteiger partial charge in [-0.15, -0.1) is 0 Å². The molecule has 0 bridgehead atoms. The number of rotatable bonds is 4. The Bertz CT molecular complexity index is 437. The molecule has 1 N–H and O–H groups in total. The van der Waals surface area contributed by atoms with Crippen LogP contribution in [0.15, 0.2) is 12.4 Å². The molecule has 0 radical (unpaired) electrons. The Morgan fingerprint density at radius 2 is 2.10 bits per heavy atom. The van der Waals surface area contributed by atoms with Gasteiger partial charge in [0.2, 0.25) is 0 Å². The summed E-state index contributed by atoms with van der Waals surface area (Å²) in [5, 5.41) is 8.25. The Morgan fingerprint density at radius 1 is 1.40 bits per heavy atom. The van der Waals surface area contributed by atoms with Crippen molar-refractivity contribution in [2.24, 2.45) is 5.92 Å². The smallest absolute Gasteiger partial charge is 0.0756 e. The highest BCUT2D eigenvalue weighted by atomic mass is 15.3. The van der Waals surface area contributed by atoms with E-state index in [0.29, 0.717) is 18.0 Å². The van der Waals surface area contributed by atoms with Gasteiger partial charge in [-0.05, 0) is 33.1 Å². The number of hydrogen-bond donors (Lipinski definition) is 1. The Balaban J connectivity index is 2.26. The van der Waals surface area contributed by atoms with Crippen LogP contribution in [-0.2, 0) is 0 Å². The third-order valence-electron chi connectivity index (χ3n) is 4.66. The first-order valence-electron chi connectivity index (χ1n) is 7.92. The minimum Gasteiger partial charge on any atom is -0.363 e. The van der Waals surface area contributed by atoms with E-state index in [-0.39, 0.29) is 5.54 Å². The second-order valence-corrected chi connectivity index (χ2v) is 7.01. The Kier molecular flexibility index (Phi) is 4.43. The van der Waals surface area contributed by atoms with Gasteiger partial charge in [-0.1, -0.05) is 20.8 Å². The molecule has 1 aromatic heterocycles. The lowest BCUT2D eigenvalue weighted by molar-refractivity contribution is 0.253. The van der Waals surface area contributed by atoms with Gasteiger partial charge < -0.3 is 10.2 Å². The molecule has 1 saturated heterocycles. The summed E-state index contributed by atoms with van der Waals surface area (Å²) in [4.78, 5) is 2.55. The van der Waals surface area contributed by atoms with E-state index in [1.807, 2.05) is 6.20 Å². The van der Waals surface area contributed by atoms with Crippen LogP contribution >= 0.6 is 0 Å². The second-order valence-electron chi connectivity index (χ2n) is 7.01. The van der Waals surface area contributed by atoms with Crippen LogP contribution < -0.4 is 10.2 Å². The van der Waals surface area contributed by atoms with Crippen molar-refractivity contribution in [1.82, 2.24) is 15.1 Å². The van der Waals surface area contributed by atoms with Crippen molar-refractivity contribution in [3.63, 3.8) is 0 Å². The highest BCUT2D eigenvalue weighted by molar-refractivity contribution is 5.45. The van der Waals surface area contributed by atoms with E-state index in [0.717, 1.165) is 19.5 Å². The van der Waals surface area contributed by atoms with Gasteiger partial charge in [0.1, 0.15) is 0 Å². The zero-order valence-electron chi connectivity index (χ0n) is 13.8. The topological polar surface area (TPSA) is 33.1 Å². The summed E-state index contributed by atoms with van der Waals surface area (Å²) in [7, 11) is 0. The SMILES string of the molecule is CCC1(C)CN(c2cnn(C(C)C)c2)C(C(C)C)CN1. The molecule has 0 amide bonds. The van der Waals surface area contributed by atoms with Crippen molar-refractivity contribution in [2.45, 2.75) is 65.6 Å². The van der Waals surface area contributed by atoms with Crippen molar-refractivity contribution in [1.29, 1.82) is 0 Å². The lowest BCUT2D eigenvalue weighted by atomic mass is 9.90. The minimum absolute atomic E-state index is 0.200. The van der Waals surface area contributed by atoms with Crippen molar-refractivity contribution in [3.05, 3.63) is 12.4 Å². The first-order chi connectivity index (χ1) is 9.36. The third-order valence-corrected chi connectivity index (χ3v) is 4.66. The van der Waals surface area contributed by atoms with Crippen molar-refractivity contribution in [3.8, 4) is 0 Å². The van der Waals surface area contributed by atoms with Gasteiger partial charge in [0, 0.05) is 36.9 Å². The van der Waals surface area contributed by atoms with E-state index in [1.165, 1.54) is 5.69 Å². The number of hydrogen-bond acceptors (Lipinski definition) is 3. The fourth-order valence-corrected chi connectivity index (χ4v) is 2.88. The van der Waals surface area contributed by atoms with E-state index >= 15 is 0 Å². The first-order valence-corrected chi connectivity index (χ1v) is 7.92. The molecule has 2 heterocycles. The zero-order valence-corrected chi connectivity index (χ0v) is 13.8. The molecule has 1 aromatic rings. The molecule has 4 heteroatoms. The number of piperazine rings is 1. The second kappa shape index (κ2) is 5.76. The van der Waals surface area contributed by atoms with Gasteiger partial charge in [0.15, 0.2) is 0 Å². The fraction of sp³-hybridized carbons (Fsp3) is 0.812. The minimum atomic E-state index is 0.200. The summed E-state index contributed by atoms with van der Waals surface area (Å²) in [6, 6.07) is 0.959. The van der Waals surface area contributed by atoms with Gasteiger partial charge in [0.05, 0.1) is 11.9 Å². The molecule has 0 aromatic carbocycles. The lowest BCUT2D eigenvalue weighted by Gasteiger charge is -2.48. The number of aromatic nitrogens is 2. The number of anilines is 1. The maximum Gasteiger partial charge on any atom is 0.0756 e. The normalized spacial score (nSPS) is 27.6. The predicted octanol–water partition coefficient (Wildman–Crippen LogP) is 3.07. The molecule has 1 fully saturated rings. The highest BCUT2D eigenvalue weighted by Gasteiger charge is 2.36. The standard InChI is InChI=1S/C16H30N4/c1-7-16(6)11-19(15(9-17-16)12(2)3)14-8-18-20(10-14)13(4)5/h8,10,12-13,15,17H,7,9,11H2,1-6H3. The molecule has 0 spiro atoms. The summed E-state index contributed by atoms with van der Waals surface area (Å²) in [5.74, 6) is 0.631. The summed E-state index contributed by atoms with van der Waals surface area (Å²) < 4.78 is 2.05. The van der Waals surface area contributed by atoms with Crippen LogP contribution in [-0.4, -0.2) is 34.5 Å². The first kappa shape index (κ1) is 15.4. The lowest BCUT2D eigenvalue weighted by Crippen LogP contribution is -2.64. The van der Waals surface area contributed by atoms with Gasteiger partial charge in [0.25, 0.3) is 0 Å². The van der Waals surface area contributed by atoms with Crippen LogP contribution in [0, 0.1) is 5.92 Å². The summed E-state index contributed by atoms with van der Waals surface area (Å²) in [5.41, 5.74) is 1.46. The molecule has 2 atom stereocenters. The highest BCUT2D eigenvalue weighted by Crippen LogP contribution is 2.28. The van der Waals surface area contributed by atoms with E-state index in [2.05, 4.69) is 67.7 Å². The van der Waals surface area contributed by atoms with E-state index in [1.54, 1.807) is 0 Å². The molecular weight excluding hydrogens is 248 g/mol. The molecule has 2 unspecified atom stereocenters. The van der Waals surface area contributed by atoms with Crippen molar-refractivity contribution < 1.29 is 0 Å². The molecule has 2 rings (SSSR count). The van der Waals surface area contributed by atoms with Crippen LogP contribution in [0.4, 0.5) is 5.69 Å². The average molecular weight is 278 g/mol. The van der Waals surface area contributed by atoms with Crippen LogP contribution in [0.5, 0.6) is 0 Å². The number of nitrogens with zero attached hydrogens (tertiary/aromatic N) is 3. The van der Waals surface area contributed by atoms with Crippen LogP contribution in [0.1, 0.15) is 54.0 Å². The largest absolute Gasteiger partial charge is 0.363 e. The van der Waals surface area contributed by atoms with E-state index in [9.17, 15) is 0 Å². The molecule has 114 valence electrons. The van der Waals surface area contributed by atoms with Crippen LogP contribution in [0.2, 0.25) is 0 Å². The molecule has 1 aliphatic rings. The molecule has 20 heavy (non-hydrogen) atoms. The van der Waals surface area contributed by atoms with Crippen LogP contribution in [0.3, 0.4) is 0 Å². The fourth-order valence-electron chi connectivity index (χ4n) is 2.88. The van der Waals surface area contributed by atoms with E-state index in [4.69, 9.17) is 0 Å². The molecule has 0 aliphatic carbocycles. The third kappa shape index (κ3) is 3.00. The zero-order chi connectivity index (χ0) is 14.9. The average Bonchev–Trinajstić information content (AvgIpc) is 2.88. The van der Waals surface area contributed by atoms with Gasteiger partial charge in [-0.3, -0.25) is 4.68 Å². The Labute approximate surface area is 123 Å².